The number of nitrogens with zero attached hydrogens (tertiary/aromatic N) is 1. The van der Waals surface area contributed by atoms with Gasteiger partial charge in [-0.25, -0.2) is 0 Å². The quantitative estimate of drug-likeness (QED) is 0.287. The molecule has 0 aliphatic heterocycles. The lowest BCUT2D eigenvalue weighted by Gasteiger charge is -1.91. The lowest BCUT2D eigenvalue weighted by atomic mass is 10.2. The molecule has 0 saturated carbocycles. The van der Waals surface area contributed by atoms with E-state index in [0.717, 1.165) is 5.56 Å². The fourth-order valence-corrected chi connectivity index (χ4v) is 0.733. The van der Waals surface area contributed by atoms with Gasteiger partial charge in [-0.05, 0) is 5.56 Å². The van der Waals surface area contributed by atoms with Crippen molar-refractivity contribution in [3.63, 3.8) is 0 Å². The second kappa shape index (κ2) is 5.13. The summed E-state index contributed by atoms with van der Waals surface area (Å²) in [7, 11) is 0. The van der Waals surface area contributed by atoms with E-state index in [0.29, 0.717) is 6.61 Å². The third-order valence-corrected chi connectivity index (χ3v) is 1.27. The van der Waals surface area contributed by atoms with Gasteiger partial charge in [0.1, 0.15) is 6.61 Å². The van der Waals surface area contributed by atoms with Gasteiger partial charge in [0, 0.05) is 0 Å². The van der Waals surface area contributed by atoms with Gasteiger partial charge in [0.25, 0.3) is 0 Å². The topological polar surface area (TPSA) is 21.6 Å². The molecule has 1 aromatic rings. The minimum absolute atomic E-state index is 0.448. The van der Waals surface area contributed by atoms with Gasteiger partial charge < -0.3 is 4.84 Å². The molecule has 0 saturated heterocycles. The summed E-state index contributed by atoms with van der Waals surface area (Å²) < 4.78 is 0. The van der Waals surface area contributed by atoms with E-state index in [1.165, 1.54) is 0 Å². The molecule has 0 fully saturated rings. The molecule has 0 bridgehead atoms. The van der Waals surface area contributed by atoms with E-state index >= 15 is 0 Å². The van der Waals surface area contributed by atoms with Crippen molar-refractivity contribution in [2.75, 3.05) is 6.61 Å². The molecule has 2 heteroatoms. The van der Waals surface area contributed by atoms with Crippen molar-refractivity contribution in [2.24, 2.45) is 5.16 Å². The molecular formula is C10H11NO. The van der Waals surface area contributed by atoms with Gasteiger partial charge in [-0.2, -0.15) is 0 Å². The van der Waals surface area contributed by atoms with Crippen molar-refractivity contribution >= 4 is 6.21 Å². The third kappa shape index (κ3) is 3.01. The molecule has 0 heterocycles. The summed E-state index contributed by atoms with van der Waals surface area (Å²) in [5.74, 6) is 0. The Kier molecular flexibility index (Phi) is 3.64. The van der Waals surface area contributed by atoms with Crippen LogP contribution < -0.4 is 0 Å². The third-order valence-electron chi connectivity index (χ3n) is 1.27. The zero-order valence-electron chi connectivity index (χ0n) is 6.81. The smallest absolute Gasteiger partial charge is 0.135 e. The first kappa shape index (κ1) is 8.53. The van der Waals surface area contributed by atoms with Crippen LogP contribution in [-0.4, -0.2) is 12.8 Å². The molecule has 0 aromatic heterocycles. The molecule has 0 aliphatic rings. The minimum Gasteiger partial charge on any atom is -0.392 e. The van der Waals surface area contributed by atoms with E-state index in [9.17, 15) is 0 Å². The lowest BCUT2D eigenvalue weighted by Crippen LogP contribution is -1.83. The van der Waals surface area contributed by atoms with Crippen molar-refractivity contribution in [1.82, 2.24) is 0 Å². The number of hydrogen-bond donors (Lipinski definition) is 0. The zero-order chi connectivity index (χ0) is 8.65. The van der Waals surface area contributed by atoms with Crippen LogP contribution in [0.25, 0.3) is 0 Å². The molecule has 2 nitrogen and oxygen atoms in total. The maximum absolute atomic E-state index is 4.84. The van der Waals surface area contributed by atoms with Crippen LogP contribution in [0, 0.1) is 0 Å². The Labute approximate surface area is 72.2 Å². The van der Waals surface area contributed by atoms with Crippen molar-refractivity contribution in [3.8, 4) is 0 Å². The van der Waals surface area contributed by atoms with Gasteiger partial charge in [-0.15, -0.1) is 0 Å². The van der Waals surface area contributed by atoms with Gasteiger partial charge in [0.2, 0.25) is 0 Å². The summed E-state index contributed by atoms with van der Waals surface area (Å²) in [6.45, 7) is 3.95. The number of oxime groups is 1. The normalized spacial score (nSPS) is 10.0. The van der Waals surface area contributed by atoms with Gasteiger partial charge in [-0.1, -0.05) is 48.1 Å². The highest BCUT2D eigenvalue weighted by Crippen LogP contribution is 1.93. The summed E-state index contributed by atoms with van der Waals surface area (Å²) in [4.78, 5) is 4.84. The van der Waals surface area contributed by atoms with Crippen LogP contribution in [0.15, 0.2) is 48.1 Å². The summed E-state index contributed by atoms with van der Waals surface area (Å²) in [6, 6.07) is 9.78. The van der Waals surface area contributed by atoms with E-state index in [1.807, 2.05) is 30.3 Å². The monoisotopic (exact) mass is 161 g/mol. The Bertz CT molecular complexity index is 254. The van der Waals surface area contributed by atoms with Crippen LogP contribution >= 0.6 is 0 Å². The molecule has 0 radical (unpaired) electrons. The fraction of sp³-hybridized carbons (Fsp3) is 0.100. The Morgan fingerprint density at radius 1 is 1.33 bits per heavy atom. The van der Waals surface area contributed by atoms with Crippen molar-refractivity contribution < 1.29 is 4.84 Å². The van der Waals surface area contributed by atoms with Gasteiger partial charge in [0.05, 0.1) is 6.21 Å². The predicted molar refractivity (Wildman–Crippen MR) is 50.2 cm³/mol. The van der Waals surface area contributed by atoms with E-state index in [2.05, 4.69) is 11.7 Å². The van der Waals surface area contributed by atoms with E-state index in [4.69, 9.17) is 4.84 Å². The first-order chi connectivity index (χ1) is 5.93. The first-order valence-corrected chi connectivity index (χ1v) is 3.75. The SMILES string of the molecule is C=CCO/N=C\c1ccccc1. The maximum atomic E-state index is 4.84. The minimum atomic E-state index is 0.448. The molecule has 0 amide bonds. The largest absolute Gasteiger partial charge is 0.392 e. The molecule has 0 atom stereocenters. The molecule has 62 valence electrons. The Morgan fingerprint density at radius 2 is 2.08 bits per heavy atom. The standard InChI is InChI=1S/C10H11NO/c1-2-8-12-11-9-10-6-4-3-5-7-10/h2-7,9H,1,8H2/b11-9-. The summed E-state index contributed by atoms with van der Waals surface area (Å²) in [5, 5.41) is 3.74. The fourth-order valence-electron chi connectivity index (χ4n) is 0.733. The molecule has 0 N–H and O–H groups in total. The van der Waals surface area contributed by atoms with E-state index in [1.54, 1.807) is 12.3 Å². The van der Waals surface area contributed by atoms with Crippen LogP contribution in [0.4, 0.5) is 0 Å². The molecule has 0 unspecified atom stereocenters. The van der Waals surface area contributed by atoms with Crippen molar-refractivity contribution in [3.05, 3.63) is 48.6 Å². The summed E-state index contributed by atoms with van der Waals surface area (Å²) in [5.41, 5.74) is 1.03. The first-order valence-electron chi connectivity index (χ1n) is 3.75. The van der Waals surface area contributed by atoms with Gasteiger partial charge >= 0.3 is 0 Å². The second-order valence-corrected chi connectivity index (χ2v) is 2.23. The van der Waals surface area contributed by atoms with E-state index in [-0.39, 0.29) is 0 Å². The lowest BCUT2D eigenvalue weighted by molar-refractivity contribution is 0.176. The molecule has 0 aliphatic carbocycles. The zero-order valence-corrected chi connectivity index (χ0v) is 6.81. The van der Waals surface area contributed by atoms with Crippen molar-refractivity contribution in [1.29, 1.82) is 0 Å². The second-order valence-electron chi connectivity index (χ2n) is 2.23. The van der Waals surface area contributed by atoms with Crippen LogP contribution in [0.2, 0.25) is 0 Å². The van der Waals surface area contributed by atoms with Crippen LogP contribution in [0.3, 0.4) is 0 Å². The average Bonchev–Trinajstić information content (AvgIpc) is 2.14. The highest BCUT2D eigenvalue weighted by molar-refractivity contribution is 5.78. The number of rotatable bonds is 4. The van der Waals surface area contributed by atoms with E-state index < -0.39 is 0 Å². The summed E-state index contributed by atoms with van der Waals surface area (Å²) >= 11 is 0. The maximum Gasteiger partial charge on any atom is 0.135 e. The number of hydrogen-bond acceptors (Lipinski definition) is 2. The molecule has 0 spiro atoms. The molecule has 12 heavy (non-hydrogen) atoms. The van der Waals surface area contributed by atoms with Gasteiger partial charge in [0.15, 0.2) is 0 Å². The van der Waals surface area contributed by atoms with Crippen molar-refractivity contribution in [2.45, 2.75) is 0 Å². The predicted octanol–water partition coefficient (Wildman–Crippen LogP) is 2.22. The molecular weight excluding hydrogens is 150 g/mol. The summed E-state index contributed by atoms with van der Waals surface area (Å²) in [6.07, 6.45) is 3.33. The average molecular weight is 161 g/mol. The number of benzene rings is 1. The van der Waals surface area contributed by atoms with Crippen LogP contribution in [-0.2, 0) is 4.84 Å². The Balaban J connectivity index is 2.41. The molecule has 1 rings (SSSR count). The molecule has 1 aromatic carbocycles. The van der Waals surface area contributed by atoms with Crippen LogP contribution in [0.5, 0.6) is 0 Å². The van der Waals surface area contributed by atoms with Crippen LogP contribution in [0.1, 0.15) is 5.56 Å². The Morgan fingerprint density at radius 3 is 2.75 bits per heavy atom. The Hall–Kier alpha value is -1.57. The highest BCUT2D eigenvalue weighted by Gasteiger charge is 1.82. The highest BCUT2D eigenvalue weighted by atomic mass is 16.6. The van der Waals surface area contributed by atoms with Gasteiger partial charge in [-0.3, -0.25) is 0 Å².